The molecule has 0 fully saturated rings. The van der Waals surface area contributed by atoms with Gasteiger partial charge in [-0.15, -0.1) is 0 Å². The van der Waals surface area contributed by atoms with Gasteiger partial charge in [-0.2, -0.15) is 0 Å². The molecule has 1 aromatic carbocycles. The summed E-state index contributed by atoms with van der Waals surface area (Å²) in [5.74, 6) is -1.22. The average Bonchev–Trinajstić information content (AvgIpc) is 2.24. The Kier molecular flexibility index (Phi) is 4.43. The fourth-order valence-electron chi connectivity index (χ4n) is 1.23. The van der Waals surface area contributed by atoms with E-state index in [0.29, 0.717) is 6.29 Å². The lowest BCUT2D eigenvalue weighted by Gasteiger charge is -2.06. The molecule has 1 rings (SSSR count). The number of benzene rings is 1. The van der Waals surface area contributed by atoms with E-state index in [1.807, 2.05) is 0 Å². The number of ether oxygens (including phenoxy) is 1. The van der Waals surface area contributed by atoms with Crippen LogP contribution in [0.2, 0.25) is 5.02 Å². The van der Waals surface area contributed by atoms with Gasteiger partial charge in [0.1, 0.15) is 12.1 Å². The van der Waals surface area contributed by atoms with Crippen molar-refractivity contribution in [3.63, 3.8) is 0 Å². The van der Waals surface area contributed by atoms with Crippen molar-refractivity contribution < 1.29 is 18.7 Å². The van der Waals surface area contributed by atoms with Crippen LogP contribution in [0.4, 0.5) is 4.39 Å². The lowest BCUT2D eigenvalue weighted by atomic mass is 10.1. The Bertz CT molecular complexity index is 418. The number of esters is 1. The van der Waals surface area contributed by atoms with Crippen molar-refractivity contribution in [1.82, 2.24) is 0 Å². The minimum Gasteiger partial charge on any atom is -0.466 e. The van der Waals surface area contributed by atoms with E-state index in [1.54, 1.807) is 6.92 Å². The van der Waals surface area contributed by atoms with Crippen LogP contribution in [-0.2, 0) is 16.0 Å². The molecule has 0 N–H and O–H groups in total. The van der Waals surface area contributed by atoms with Crippen molar-refractivity contribution in [3.05, 3.63) is 34.1 Å². The number of hydrogen-bond donors (Lipinski definition) is 0. The van der Waals surface area contributed by atoms with Crippen LogP contribution in [0.3, 0.4) is 0 Å². The highest BCUT2D eigenvalue weighted by atomic mass is 35.5. The van der Waals surface area contributed by atoms with Crippen LogP contribution in [0.5, 0.6) is 0 Å². The lowest BCUT2D eigenvalue weighted by molar-refractivity contribution is -0.142. The first kappa shape index (κ1) is 12.6. The van der Waals surface area contributed by atoms with Gasteiger partial charge in [0, 0.05) is 5.56 Å². The molecule has 0 amide bonds. The largest absolute Gasteiger partial charge is 0.466 e. The van der Waals surface area contributed by atoms with Crippen molar-refractivity contribution in [2.24, 2.45) is 0 Å². The molecule has 0 saturated heterocycles. The van der Waals surface area contributed by atoms with E-state index in [4.69, 9.17) is 16.3 Å². The van der Waals surface area contributed by atoms with Crippen LogP contribution in [-0.4, -0.2) is 18.9 Å². The molecule has 0 atom stereocenters. The van der Waals surface area contributed by atoms with Crippen LogP contribution in [0.25, 0.3) is 0 Å². The van der Waals surface area contributed by atoms with Crippen LogP contribution >= 0.6 is 11.6 Å². The van der Waals surface area contributed by atoms with Gasteiger partial charge in [0.2, 0.25) is 0 Å². The first-order valence-electron chi connectivity index (χ1n) is 4.67. The highest BCUT2D eigenvalue weighted by molar-refractivity contribution is 6.31. The van der Waals surface area contributed by atoms with Crippen LogP contribution in [0, 0.1) is 5.82 Å². The standard InChI is InChI=1S/C11H10ClFO3/c1-2-16-10(15)5-8-3-7(6-14)4-9(13)11(8)12/h3-4,6H,2,5H2,1H3. The van der Waals surface area contributed by atoms with Crippen molar-refractivity contribution in [1.29, 1.82) is 0 Å². The van der Waals surface area contributed by atoms with Gasteiger partial charge in [-0.05, 0) is 24.6 Å². The summed E-state index contributed by atoms with van der Waals surface area (Å²) in [4.78, 5) is 21.7. The number of carbonyl (C=O) groups is 2. The first-order valence-corrected chi connectivity index (χ1v) is 5.05. The molecule has 5 heteroatoms. The molecule has 0 aliphatic carbocycles. The highest BCUT2D eigenvalue weighted by Gasteiger charge is 2.12. The van der Waals surface area contributed by atoms with Gasteiger partial charge < -0.3 is 4.74 Å². The third-order valence-electron chi connectivity index (χ3n) is 1.90. The second kappa shape index (κ2) is 5.61. The van der Waals surface area contributed by atoms with Crippen molar-refractivity contribution in [2.75, 3.05) is 6.61 Å². The predicted octanol–water partition coefficient (Wildman–Crippen LogP) is 2.40. The van der Waals surface area contributed by atoms with E-state index < -0.39 is 11.8 Å². The SMILES string of the molecule is CCOC(=O)Cc1cc(C=O)cc(F)c1Cl. The zero-order valence-corrected chi connectivity index (χ0v) is 9.38. The van der Waals surface area contributed by atoms with E-state index in [9.17, 15) is 14.0 Å². The second-order valence-electron chi connectivity index (χ2n) is 3.08. The van der Waals surface area contributed by atoms with Crippen LogP contribution in [0.15, 0.2) is 12.1 Å². The van der Waals surface area contributed by atoms with Gasteiger partial charge in [-0.3, -0.25) is 9.59 Å². The molecule has 0 unspecified atom stereocenters. The van der Waals surface area contributed by atoms with E-state index in [1.165, 1.54) is 6.07 Å². The third kappa shape index (κ3) is 3.03. The predicted molar refractivity (Wildman–Crippen MR) is 57.1 cm³/mol. The Hall–Kier alpha value is -1.42. The van der Waals surface area contributed by atoms with Gasteiger partial charge in [0.15, 0.2) is 0 Å². The first-order chi connectivity index (χ1) is 7.58. The summed E-state index contributed by atoms with van der Waals surface area (Å²) < 4.78 is 17.9. The number of carbonyl (C=O) groups excluding carboxylic acids is 2. The van der Waals surface area contributed by atoms with E-state index in [-0.39, 0.29) is 29.2 Å². The molecule has 0 saturated carbocycles. The zero-order chi connectivity index (χ0) is 12.1. The monoisotopic (exact) mass is 244 g/mol. The third-order valence-corrected chi connectivity index (χ3v) is 2.33. The Morgan fingerprint density at radius 2 is 2.25 bits per heavy atom. The average molecular weight is 245 g/mol. The minimum atomic E-state index is -0.717. The fourth-order valence-corrected chi connectivity index (χ4v) is 1.41. The van der Waals surface area contributed by atoms with E-state index >= 15 is 0 Å². The normalized spacial score (nSPS) is 9.94. The molecular formula is C11H10ClFO3. The Balaban J connectivity index is 2.98. The second-order valence-corrected chi connectivity index (χ2v) is 3.45. The maximum absolute atomic E-state index is 13.2. The van der Waals surface area contributed by atoms with Gasteiger partial charge in [-0.25, -0.2) is 4.39 Å². The summed E-state index contributed by atoms with van der Waals surface area (Å²) in [5.41, 5.74) is 0.392. The Morgan fingerprint density at radius 3 is 2.81 bits per heavy atom. The summed E-state index contributed by atoms with van der Waals surface area (Å²) in [6, 6.07) is 2.39. The summed E-state index contributed by atoms with van der Waals surface area (Å²) in [6.45, 7) is 1.91. The summed E-state index contributed by atoms with van der Waals surface area (Å²) in [5, 5.41) is -0.154. The minimum absolute atomic E-state index is 0.140. The van der Waals surface area contributed by atoms with Gasteiger partial charge in [-0.1, -0.05) is 11.6 Å². The van der Waals surface area contributed by atoms with Crippen molar-refractivity contribution in [2.45, 2.75) is 13.3 Å². The summed E-state index contributed by atoms with van der Waals surface area (Å²) in [6.07, 6.45) is 0.347. The number of rotatable bonds is 4. The molecule has 0 aliphatic heterocycles. The summed E-state index contributed by atoms with van der Waals surface area (Å²) >= 11 is 5.67. The molecule has 16 heavy (non-hydrogen) atoms. The highest BCUT2D eigenvalue weighted by Crippen LogP contribution is 2.22. The molecule has 0 aliphatic rings. The van der Waals surface area contributed by atoms with Crippen LogP contribution in [0.1, 0.15) is 22.8 Å². The quantitative estimate of drug-likeness (QED) is 0.603. The molecule has 3 nitrogen and oxygen atoms in total. The molecular weight excluding hydrogens is 235 g/mol. The number of halogens is 2. The van der Waals surface area contributed by atoms with Gasteiger partial charge in [0.05, 0.1) is 18.1 Å². The van der Waals surface area contributed by atoms with Crippen molar-refractivity contribution >= 4 is 23.9 Å². The van der Waals surface area contributed by atoms with E-state index in [0.717, 1.165) is 6.07 Å². The molecule has 0 radical (unpaired) electrons. The van der Waals surface area contributed by atoms with Gasteiger partial charge in [0.25, 0.3) is 0 Å². The zero-order valence-electron chi connectivity index (χ0n) is 8.63. The molecule has 0 bridgehead atoms. The number of hydrogen-bond acceptors (Lipinski definition) is 3. The molecule has 1 aromatic rings. The summed E-state index contributed by atoms with van der Waals surface area (Å²) in [7, 11) is 0. The fraction of sp³-hybridized carbons (Fsp3) is 0.273. The molecule has 0 heterocycles. The molecule has 86 valence electrons. The maximum atomic E-state index is 13.2. The van der Waals surface area contributed by atoms with Crippen LogP contribution < -0.4 is 0 Å². The van der Waals surface area contributed by atoms with E-state index in [2.05, 4.69) is 0 Å². The Morgan fingerprint density at radius 1 is 1.56 bits per heavy atom. The Labute approximate surface area is 97.2 Å². The number of aldehydes is 1. The lowest BCUT2D eigenvalue weighted by Crippen LogP contribution is -2.08. The maximum Gasteiger partial charge on any atom is 0.310 e. The van der Waals surface area contributed by atoms with Gasteiger partial charge >= 0.3 is 5.97 Å². The molecule has 0 aromatic heterocycles. The smallest absolute Gasteiger partial charge is 0.310 e. The van der Waals surface area contributed by atoms with Crippen molar-refractivity contribution in [3.8, 4) is 0 Å². The molecule has 0 spiro atoms. The topological polar surface area (TPSA) is 43.4 Å².